The minimum Gasteiger partial charge on any atom is -0.265 e. The molecule has 0 fully saturated rings. The first kappa shape index (κ1) is 18.6. The summed E-state index contributed by atoms with van der Waals surface area (Å²) in [6, 6.07) is 8.76. The Bertz CT molecular complexity index is 606. The van der Waals surface area contributed by atoms with Crippen LogP contribution in [0.25, 0.3) is 0 Å². The van der Waals surface area contributed by atoms with Crippen molar-refractivity contribution < 1.29 is 0 Å². The predicted octanol–water partition coefficient (Wildman–Crippen LogP) is 6.00. The molecular formula is C22H32N2. The molecule has 0 bridgehead atoms. The topological polar surface area (TPSA) is 25.8 Å². The first-order valence-electron chi connectivity index (χ1n) is 9.30. The molecule has 0 saturated carbocycles. The Balaban J connectivity index is 1.95. The van der Waals surface area contributed by atoms with Crippen LogP contribution in [-0.2, 0) is 6.42 Å². The summed E-state index contributed by atoms with van der Waals surface area (Å²) in [7, 11) is 0. The maximum absolute atomic E-state index is 4.61. The Hall–Kier alpha value is -1.70. The third kappa shape index (κ3) is 5.74. The van der Waals surface area contributed by atoms with E-state index >= 15 is 0 Å². The van der Waals surface area contributed by atoms with Crippen molar-refractivity contribution in [1.82, 2.24) is 9.97 Å². The van der Waals surface area contributed by atoms with Crippen LogP contribution in [0.1, 0.15) is 76.1 Å². The van der Waals surface area contributed by atoms with Gasteiger partial charge in [0.05, 0.1) is 0 Å². The Kier molecular flexibility index (Phi) is 6.96. The second-order valence-electron chi connectivity index (χ2n) is 7.84. The molecular weight excluding hydrogens is 292 g/mol. The van der Waals surface area contributed by atoms with Gasteiger partial charge in [0, 0.05) is 24.3 Å². The zero-order chi connectivity index (χ0) is 17.5. The van der Waals surface area contributed by atoms with E-state index in [0.717, 1.165) is 12.3 Å². The minimum atomic E-state index is 0.561. The lowest BCUT2D eigenvalue weighted by atomic mass is 9.88. The molecule has 0 saturated heterocycles. The molecule has 2 aromatic rings. The summed E-state index contributed by atoms with van der Waals surface area (Å²) in [4.78, 5) is 8.72. The van der Waals surface area contributed by atoms with Gasteiger partial charge in [-0.1, -0.05) is 34.6 Å². The smallest absolute Gasteiger partial charge is 0.0409 e. The number of hydrogen-bond acceptors (Lipinski definition) is 2. The molecule has 130 valence electrons. The van der Waals surface area contributed by atoms with Crippen molar-refractivity contribution in [3.05, 3.63) is 59.7 Å². The Morgan fingerprint density at radius 1 is 0.792 bits per heavy atom. The molecule has 2 aromatic heterocycles. The quantitative estimate of drug-likeness (QED) is 0.595. The van der Waals surface area contributed by atoms with Crippen LogP contribution in [0.15, 0.2) is 42.9 Å². The zero-order valence-corrected chi connectivity index (χ0v) is 15.9. The summed E-state index contributed by atoms with van der Waals surface area (Å²) in [5.41, 5.74) is 4.05. The van der Waals surface area contributed by atoms with Crippen LogP contribution in [0.5, 0.6) is 0 Å². The van der Waals surface area contributed by atoms with E-state index in [0.29, 0.717) is 17.8 Å². The number of nitrogens with zero attached hydrogens (tertiary/aromatic N) is 2. The molecule has 0 aliphatic rings. The van der Waals surface area contributed by atoms with Gasteiger partial charge in [-0.3, -0.25) is 9.97 Å². The van der Waals surface area contributed by atoms with E-state index in [2.05, 4.69) is 68.9 Å². The van der Waals surface area contributed by atoms with Gasteiger partial charge in [0.15, 0.2) is 0 Å². The van der Waals surface area contributed by atoms with Gasteiger partial charge in [-0.05, 0) is 78.3 Å². The second-order valence-corrected chi connectivity index (χ2v) is 7.84. The number of aromatic nitrogens is 2. The minimum absolute atomic E-state index is 0.561. The van der Waals surface area contributed by atoms with Gasteiger partial charge in [-0.15, -0.1) is 0 Å². The van der Waals surface area contributed by atoms with Crippen LogP contribution in [0.2, 0.25) is 0 Å². The molecule has 0 aromatic carbocycles. The Morgan fingerprint density at radius 2 is 1.42 bits per heavy atom. The average molecular weight is 325 g/mol. The van der Waals surface area contributed by atoms with Crippen LogP contribution in [0, 0.1) is 11.8 Å². The highest BCUT2D eigenvalue weighted by Crippen LogP contribution is 2.26. The number of rotatable bonds is 8. The zero-order valence-electron chi connectivity index (χ0n) is 15.9. The summed E-state index contributed by atoms with van der Waals surface area (Å²) in [6.45, 7) is 11.6. The van der Waals surface area contributed by atoms with Crippen molar-refractivity contribution >= 4 is 0 Å². The van der Waals surface area contributed by atoms with Gasteiger partial charge in [0.2, 0.25) is 0 Å². The van der Waals surface area contributed by atoms with Crippen LogP contribution < -0.4 is 0 Å². The summed E-state index contributed by atoms with van der Waals surface area (Å²) in [5, 5.41) is 0. The lowest BCUT2D eigenvalue weighted by molar-refractivity contribution is 0.476. The first-order chi connectivity index (χ1) is 11.5. The molecule has 3 atom stereocenters. The van der Waals surface area contributed by atoms with Crippen molar-refractivity contribution in [3.63, 3.8) is 0 Å². The summed E-state index contributed by atoms with van der Waals surface area (Å²) < 4.78 is 0. The maximum atomic E-state index is 4.61. The molecule has 2 heteroatoms. The Labute approximate surface area is 147 Å². The van der Waals surface area contributed by atoms with Gasteiger partial charge in [-0.25, -0.2) is 0 Å². The van der Waals surface area contributed by atoms with Crippen molar-refractivity contribution in [3.8, 4) is 0 Å². The van der Waals surface area contributed by atoms with E-state index in [9.17, 15) is 0 Å². The third-order valence-corrected chi connectivity index (χ3v) is 4.82. The molecule has 2 unspecified atom stereocenters. The second kappa shape index (κ2) is 8.96. The highest BCUT2D eigenvalue weighted by Gasteiger charge is 2.14. The molecule has 2 nitrogen and oxygen atoms in total. The van der Waals surface area contributed by atoms with Gasteiger partial charge >= 0.3 is 0 Å². The normalized spacial score (nSPS) is 15.2. The first-order valence-corrected chi connectivity index (χ1v) is 9.30. The molecule has 0 amide bonds. The number of hydrogen-bond donors (Lipinski definition) is 0. The lowest BCUT2D eigenvalue weighted by Crippen LogP contribution is -2.07. The molecule has 0 spiro atoms. The average Bonchev–Trinajstić information content (AvgIpc) is 2.55. The van der Waals surface area contributed by atoms with E-state index in [4.69, 9.17) is 0 Å². The SMILES string of the molecule is CC(C)C[C@H](C)c1ccnc(CC(C)CC(C)c2ccncc2)c1. The van der Waals surface area contributed by atoms with E-state index in [1.54, 1.807) is 0 Å². The number of pyridine rings is 2. The highest BCUT2D eigenvalue weighted by molar-refractivity contribution is 5.21. The van der Waals surface area contributed by atoms with Crippen LogP contribution >= 0.6 is 0 Å². The molecule has 0 N–H and O–H groups in total. The molecule has 0 aliphatic carbocycles. The van der Waals surface area contributed by atoms with Gasteiger partial charge < -0.3 is 0 Å². The molecule has 2 rings (SSSR count). The van der Waals surface area contributed by atoms with E-state index in [1.165, 1.54) is 29.7 Å². The predicted molar refractivity (Wildman–Crippen MR) is 102 cm³/mol. The Morgan fingerprint density at radius 3 is 2.08 bits per heavy atom. The third-order valence-electron chi connectivity index (χ3n) is 4.82. The molecule has 0 aliphatic heterocycles. The fourth-order valence-corrected chi connectivity index (χ4v) is 3.63. The standard InChI is InChI=1S/C22H32N2/c1-16(2)12-18(4)21-8-11-24-22(15-21)14-17(3)13-19(5)20-6-9-23-10-7-20/h6-11,15-19H,12-14H2,1-5H3/t17?,18-,19?/m0/s1. The maximum Gasteiger partial charge on any atom is 0.0409 e. The summed E-state index contributed by atoms with van der Waals surface area (Å²) in [6.07, 6.45) is 9.23. The molecule has 2 heterocycles. The van der Waals surface area contributed by atoms with Crippen molar-refractivity contribution in [2.75, 3.05) is 0 Å². The monoisotopic (exact) mass is 324 g/mol. The summed E-state index contributed by atoms with van der Waals surface area (Å²) in [5.74, 6) is 2.52. The van der Waals surface area contributed by atoms with Gasteiger partial charge in [-0.2, -0.15) is 0 Å². The van der Waals surface area contributed by atoms with Gasteiger partial charge in [0.25, 0.3) is 0 Å². The van der Waals surface area contributed by atoms with Crippen LogP contribution in [0.3, 0.4) is 0 Å². The van der Waals surface area contributed by atoms with Crippen molar-refractivity contribution in [2.24, 2.45) is 11.8 Å². The fraction of sp³-hybridized carbons (Fsp3) is 0.545. The highest BCUT2D eigenvalue weighted by atomic mass is 14.7. The fourth-order valence-electron chi connectivity index (χ4n) is 3.63. The van der Waals surface area contributed by atoms with Crippen LogP contribution in [0.4, 0.5) is 0 Å². The molecule has 0 radical (unpaired) electrons. The molecule has 24 heavy (non-hydrogen) atoms. The van der Waals surface area contributed by atoms with Crippen LogP contribution in [-0.4, -0.2) is 9.97 Å². The van der Waals surface area contributed by atoms with E-state index < -0.39 is 0 Å². The van der Waals surface area contributed by atoms with Crippen molar-refractivity contribution in [1.29, 1.82) is 0 Å². The lowest BCUT2D eigenvalue weighted by Gasteiger charge is -2.19. The van der Waals surface area contributed by atoms with Gasteiger partial charge in [0.1, 0.15) is 0 Å². The van der Waals surface area contributed by atoms with E-state index in [-0.39, 0.29) is 0 Å². The largest absolute Gasteiger partial charge is 0.265 e. The van der Waals surface area contributed by atoms with Crippen molar-refractivity contribution in [2.45, 2.75) is 65.7 Å². The summed E-state index contributed by atoms with van der Waals surface area (Å²) >= 11 is 0. The van der Waals surface area contributed by atoms with E-state index in [1.807, 2.05) is 18.6 Å².